The molecule has 582 valence electrons. The summed E-state index contributed by atoms with van der Waals surface area (Å²) in [6, 6.07) is 0. The van der Waals surface area contributed by atoms with Crippen LogP contribution in [0, 0.1) is 106 Å². The van der Waals surface area contributed by atoms with Crippen molar-refractivity contribution >= 4 is 314 Å². The molecule has 10 aliphatic rings. The summed E-state index contributed by atoms with van der Waals surface area (Å²) in [5.41, 5.74) is 3.43. The van der Waals surface area contributed by atoms with E-state index in [1.165, 1.54) is 79.6 Å². The fourth-order valence-electron chi connectivity index (χ4n) is 22.2. The SMILES string of the molecule is CC1(C)CC[C@]2(C(=O)O)CC[C@]3(C)C(=CCC4C5(C)CC[C@H](O)[C@](C)(CO)[C@@H]5CC[C@@]43C)C2C1.CC[C@]1(C)[C@@H]2CC[C@@]3(C)C(CC=C4C5CC(C)(C)CC[C@]5(C(=O)O)CC[C@]43C)C2(C)CC[C@@H]1C.S=S=S=S=S=S=S=S=S=S=S=S=S=S=S.S=S=S=S=S=S=S=S=S=S=S=S=S=S=S=S=S=S. The van der Waals surface area contributed by atoms with Gasteiger partial charge in [0.05, 0.1) is 23.5 Å². The Hall–Kier alpha value is 5.60. The van der Waals surface area contributed by atoms with Crippen molar-refractivity contribution in [1.29, 1.82) is 0 Å². The molecule has 8 saturated carbocycles. The number of allylic oxidation sites excluding steroid dienone is 4. The van der Waals surface area contributed by atoms with E-state index in [0.29, 0.717) is 22.7 Å². The molecular weight excluding hydrogens is 1900 g/mol. The first-order valence-electron chi connectivity index (χ1n) is 33.7. The molecule has 0 aromatic carbocycles. The monoisotopic (exact) mass is 2000 g/mol. The van der Waals surface area contributed by atoms with Gasteiger partial charge in [-0.3, -0.25) is 9.59 Å². The molecule has 0 aromatic rings. The van der Waals surface area contributed by atoms with Crippen LogP contribution in [0.5, 0.6) is 0 Å². The van der Waals surface area contributed by atoms with Crippen molar-refractivity contribution in [2.75, 3.05) is 6.61 Å². The van der Waals surface area contributed by atoms with E-state index < -0.39 is 34.3 Å². The number of carbonyl (C=O) groups is 2. The summed E-state index contributed by atoms with van der Waals surface area (Å²) >= 11 is 18.9. The van der Waals surface area contributed by atoms with Gasteiger partial charge in [-0.15, -0.1) is 0 Å². The Morgan fingerprint density at radius 1 is 0.406 bits per heavy atom. The molecule has 10 aliphatic carbocycles. The number of hydrogen-bond donors (Lipinski definition) is 4. The van der Waals surface area contributed by atoms with Crippen LogP contribution in [0.25, 0.3) is 0 Å². The van der Waals surface area contributed by atoms with Crippen LogP contribution in [-0.2, 0) is 312 Å². The largest absolute Gasteiger partial charge is 0.481 e. The van der Waals surface area contributed by atoms with E-state index in [0.717, 1.165) is 114 Å². The van der Waals surface area contributed by atoms with Crippen molar-refractivity contribution in [3.8, 4) is 0 Å². The molecule has 0 radical (unpaired) electrons. The van der Waals surface area contributed by atoms with Gasteiger partial charge in [0.2, 0.25) is 0 Å². The molecule has 39 heteroatoms. The Kier molecular flexibility index (Phi) is 38.6. The summed E-state index contributed by atoms with van der Waals surface area (Å²) < 4.78 is 0. The fraction of sp³-hybridized carbons (Fsp3) is 0.903. The first-order valence-corrected chi connectivity index (χ1v) is 75.1. The van der Waals surface area contributed by atoms with E-state index in [2.05, 4.69) is 109 Å². The first kappa shape index (κ1) is 93.8. The highest BCUT2D eigenvalue weighted by Gasteiger charge is 2.72. The highest BCUT2D eigenvalue weighted by Crippen LogP contribution is 2.78. The van der Waals surface area contributed by atoms with Crippen molar-refractivity contribution in [2.24, 2.45) is 106 Å². The molecule has 0 bridgehead atoms. The molecule has 0 aromatic heterocycles. The number of carboxylic acids is 2. The van der Waals surface area contributed by atoms with Crippen LogP contribution in [-0.4, -0.2) is 45.1 Å². The molecule has 0 heterocycles. The van der Waals surface area contributed by atoms with Crippen LogP contribution in [0.2, 0.25) is 0 Å². The number of fused-ring (bicyclic) bond motifs is 14. The van der Waals surface area contributed by atoms with Gasteiger partial charge in [0.15, 0.2) is 0 Å². The van der Waals surface area contributed by atoms with Gasteiger partial charge < -0.3 is 20.4 Å². The van der Waals surface area contributed by atoms with Gasteiger partial charge in [-0.05, 0) is 219 Å². The van der Waals surface area contributed by atoms with Crippen LogP contribution in [0.3, 0.4) is 0 Å². The molecule has 4 N–H and O–H groups in total. The smallest absolute Gasteiger partial charge is 0.310 e. The lowest BCUT2D eigenvalue weighted by atomic mass is 9.33. The molecule has 101 heavy (non-hydrogen) atoms. The van der Waals surface area contributed by atoms with Crippen molar-refractivity contribution < 1.29 is 30.0 Å². The van der Waals surface area contributed by atoms with Crippen molar-refractivity contribution in [2.45, 2.75) is 238 Å². The Balaban J connectivity index is 0.000000201. The Morgan fingerprint density at radius 2 is 0.703 bits per heavy atom. The minimum absolute atomic E-state index is 0.0204. The average molecular weight is 2000 g/mol. The van der Waals surface area contributed by atoms with E-state index in [1.54, 1.807) is 228 Å². The lowest BCUT2D eigenvalue weighted by molar-refractivity contribution is -0.216. The van der Waals surface area contributed by atoms with Crippen molar-refractivity contribution in [3.05, 3.63) is 23.3 Å². The normalized spacial score (nSPS) is 38.8. The molecule has 0 amide bonds. The van der Waals surface area contributed by atoms with E-state index >= 15 is 0 Å². The number of rotatable bonds is 4. The number of hydrogen-bond acceptors (Lipinski definition) is 8. The zero-order valence-corrected chi connectivity index (χ0v) is 86.4. The zero-order valence-electron chi connectivity index (χ0n) is 59.4. The van der Waals surface area contributed by atoms with Crippen molar-refractivity contribution in [3.63, 3.8) is 0 Å². The average Bonchev–Trinajstić information content (AvgIpc) is 0.683. The second-order valence-electron chi connectivity index (χ2n) is 32.3. The van der Waals surface area contributed by atoms with E-state index in [-0.39, 0.29) is 56.3 Å². The summed E-state index contributed by atoms with van der Waals surface area (Å²) in [4.78, 5) is 25.6. The molecule has 18 atom stereocenters. The molecular formula is C62H100O6S33. The minimum atomic E-state index is -0.588. The van der Waals surface area contributed by atoms with E-state index in [4.69, 9.17) is 44.8 Å². The summed E-state index contributed by atoms with van der Waals surface area (Å²) in [6.07, 6.45) is 27.0. The maximum Gasteiger partial charge on any atom is 0.310 e. The molecule has 0 spiro atoms. The molecule has 0 aliphatic heterocycles. The van der Waals surface area contributed by atoms with Crippen molar-refractivity contribution in [1.82, 2.24) is 0 Å². The third-order valence-electron chi connectivity index (χ3n) is 28.1. The van der Waals surface area contributed by atoms with Gasteiger partial charge >= 0.3 is 11.9 Å². The number of carboxylic acid groups (broad SMARTS) is 2. The predicted molar refractivity (Wildman–Crippen MR) is 518 cm³/mol. The Morgan fingerprint density at radius 3 is 1.00 bits per heavy atom. The lowest BCUT2D eigenvalue weighted by Crippen LogP contribution is -2.65. The third kappa shape index (κ3) is 20.9. The summed E-state index contributed by atoms with van der Waals surface area (Å²) in [7, 11) is 48.9. The molecule has 8 fully saturated rings. The molecule has 0 saturated heterocycles. The van der Waals surface area contributed by atoms with Crippen LogP contribution in [0.15, 0.2) is 23.3 Å². The number of aliphatic hydroxyl groups is 2. The summed E-state index contributed by atoms with van der Waals surface area (Å²) in [5.74, 6) is 2.47. The van der Waals surface area contributed by atoms with Gasteiger partial charge in [-0.2, -0.15) is 0 Å². The van der Waals surface area contributed by atoms with Gasteiger partial charge in [0, 0.05) is 308 Å². The van der Waals surface area contributed by atoms with Crippen LogP contribution < -0.4 is 0 Å². The third-order valence-corrected chi connectivity index (χ3v) is 88.1. The van der Waals surface area contributed by atoms with E-state index in [9.17, 15) is 30.0 Å². The summed E-state index contributed by atoms with van der Waals surface area (Å²) in [5, 5.41) is 42.4. The topological polar surface area (TPSA) is 115 Å². The molecule has 6 unspecified atom stereocenters. The Labute approximate surface area is 706 Å². The predicted octanol–water partition coefficient (Wildman–Crippen LogP) is 15.0. The highest BCUT2D eigenvalue weighted by atomic mass is 33.5. The number of aliphatic hydroxyl groups excluding tert-OH is 2. The quantitative estimate of drug-likeness (QED) is 0.203. The standard InChI is InChI=1S/C32H52O2.C30H48O4.S18.S15/c1-9-28(5)21(2)12-14-29(6)24(28)13-15-31(8)25(29)11-10-22-23-20-27(3,4)16-18-32(23,26(33)34)19-17-30(22,31)7;1-25(2)13-15-30(24(33)34)16-14-28(5)19(20(30)17-25)7-8-22-26(3)11-10-23(32)27(4,18-31)21(26)9-12-29(22,28)6;1-3-5-7-9-11-13-15-17-18-16-14-12-10-8-6-4-2;1-3-5-7-9-11-13-15-14-12-10-8-6-4-2/h10,21,23-25H,9,11-20H2,1-8H3,(H,33,34);7,20-23,31-32H,8-18H2,1-6H3,(H,33,34);;/t21-,23?,24-,25?,28-,29?,30+,31-,32-;20?,21-,22?,23+,26?,27-,28-,29+,30+;;/m01../s1. The van der Waals surface area contributed by atoms with Crippen LogP contribution >= 0.6 is 0 Å². The second kappa shape index (κ2) is 41.6. The Bertz CT molecular complexity index is 4380. The van der Waals surface area contributed by atoms with Crippen LogP contribution in [0.4, 0.5) is 0 Å². The van der Waals surface area contributed by atoms with Gasteiger partial charge in [0.25, 0.3) is 0 Å². The summed E-state index contributed by atoms with van der Waals surface area (Å²) in [6.45, 7) is 34.5. The van der Waals surface area contributed by atoms with Crippen LogP contribution in [0.1, 0.15) is 232 Å². The zero-order chi connectivity index (χ0) is 74.4. The second-order valence-corrected chi connectivity index (χ2v) is 83.6. The van der Waals surface area contributed by atoms with Gasteiger partial charge in [0.1, 0.15) is 0 Å². The van der Waals surface area contributed by atoms with Gasteiger partial charge in [-0.25, -0.2) is 0 Å². The molecule has 6 nitrogen and oxygen atoms in total. The highest BCUT2D eigenvalue weighted by molar-refractivity contribution is 8.78. The minimum Gasteiger partial charge on any atom is -0.481 e. The lowest BCUT2D eigenvalue weighted by Gasteiger charge is -2.71. The van der Waals surface area contributed by atoms with E-state index in [1.807, 2.05) is 0 Å². The maximum atomic E-state index is 12.8. The maximum absolute atomic E-state index is 12.8. The number of aliphatic carboxylic acids is 2. The molecule has 10 rings (SSSR count). The van der Waals surface area contributed by atoms with Gasteiger partial charge in [-0.1, -0.05) is 127 Å². The first-order chi connectivity index (χ1) is 47.7. The fourth-order valence-corrected chi connectivity index (χ4v) is 90.8.